The van der Waals surface area contributed by atoms with Crippen molar-refractivity contribution < 1.29 is 19.1 Å². The molecule has 0 unspecified atom stereocenters. The fourth-order valence-electron chi connectivity index (χ4n) is 1.90. The summed E-state index contributed by atoms with van der Waals surface area (Å²) in [5.41, 5.74) is 0.728. The Hall–Kier alpha value is -2.24. The lowest BCUT2D eigenvalue weighted by molar-refractivity contribution is -0.119. The maximum atomic E-state index is 12.0. The van der Waals surface area contributed by atoms with Gasteiger partial charge in [-0.05, 0) is 48.9 Å². The fourth-order valence-corrected chi connectivity index (χ4v) is 2.35. The highest BCUT2D eigenvalue weighted by molar-refractivity contribution is 6.36. The van der Waals surface area contributed by atoms with Gasteiger partial charge in [0.25, 0.3) is 5.91 Å². The van der Waals surface area contributed by atoms with Gasteiger partial charge < -0.3 is 14.8 Å². The molecule has 0 heterocycles. The van der Waals surface area contributed by atoms with E-state index in [1.165, 1.54) is 6.07 Å². The maximum Gasteiger partial charge on any atom is 0.338 e. The van der Waals surface area contributed by atoms with Crippen molar-refractivity contribution >= 4 is 40.8 Å². The Morgan fingerprint density at radius 2 is 1.80 bits per heavy atom. The third kappa shape index (κ3) is 5.96. The lowest BCUT2D eigenvalue weighted by Crippen LogP contribution is -2.21. The summed E-state index contributed by atoms with van der Waals surface area (Å²) in [6, 6.07) is 11.2. The molecule has 1 amide bonds. The molecule has 0 atom stereocenters. The molecule has 0 aromatic heterocycles. The summed E-state index contributed by atoms with van der Waals surface area (Å²) >= 11 is 11.8. The molecule has 25 heavy (non-hydrogen) atoms. The number of rotatable bonds is 7. The molecule has 2 rings (SSSR count). The second-order valence-electron chi connectivity index (χ2n) is 5.12. The number of benzene rings is 2. The lowest BCUT2D eigenvalue weighted by atomic mass is 10.2. The van der Waals surface area contributed by atoms with Crippen LogP contribution in [0.2, 0.25) is 10.0 Å². The number of anilines is 1. The average molecular weight is 382 g/mol. The molecule has 1 N–H and O–H groups in total. The van der Waals surface area contributed by atoms with Crippen LogP contribution >= 0.6 is 23.2 Å². The van der Waals surface area contributed by atoms with Crippen LogP contribution in [0, 0.1) is 0 Å². The molecule has 2 aromatic rings. The highest BCUT2D eigenvalue weighted by Gasteiger charge is 2.12. The van der Waals surface area contributed by atoms with Crippen LogP contribution in [0.15, 0.2) is 42.5 Å². The molecular weight excluding hydrogens is 365 g/mol. The smallest absolute Gasteiger partial charge is 0.338 e. The predicted molar refractivity (Wildman–Crippen MR) is 97.6 cm³/mol. The van der Waals surface area contributed by atoms with E-state index in [2.05, 4.69) is 5.32 Å². The van der Waals surface area contributed by atoms with Gasteiger partial charge in [0.2, 0.25) is 0 Å². The van der Waals surface area contributed by atoms with Gasteiger partial charge in [0.1, 0.15) is 5.75 Å². The molecule has 0 aliphatic rings. The molecule has 0 saturated heterocycles. The number of hydrogen-bond donors (Lipinski definition) is 1. The quantitative estimate of drug-likeness (QED) is 0.712. The molecule has 5 nitrogen and oxygen atoms in total. The number of hydrogen-bond acceptors (Lipinski definition) is 4. The summed E-state index contributed by atoms with van der Waals surface area (Å²) < 4.78 is 10.4. The zero-order chi connectivity index (χ0) is 18.2. The van der Waals surface area contributed by atoms with Gasteiger partial charge in [-0.1, -0.05) is 30.1 Å². The van der Waals surface area contributed by atoms with Crippen molar-refractivity contribution in [3.05, 3.63) is 58.1 Å². The van der Waals surface area contributed by atoms with Crippen LogP contribution < -0.4 is 10.1 Å². The molecule has 132 valence electrons. The van der Waals surface area contributed by atoms with E-state index in [0.29, 0.717) is 33.7 Å². The van der Waals surface area contributed by atoms with Crippen molar-refractivity contribution in [1.82, 2.24) is 0 Å². The average Bonchev–Trinajstić information content (AvgIpc) is 2.60. The van der Waals surface area contributed by atoms with Gasteiger partial charge in [-0.3, -0.25) is 4.79 Å². The molecule has 0 fully saturated rings. The minimum Gasteiger partial charge on any atom is -0.494 e. The molecular formula is C18H17Cl2NO4. The fraction of sp³-hybridized carbons (Fsp3) is 0.222. The van der Waals surface area contributed by atoms with Crippen LogP contribution in [-0.2, 0) is 9.53 Å². The molecule has 2 aromatic carbocycles. The van der Waals surface area contributed by atoms with Gasteiger partial charge in [0, 0.05) is 5.02 Å². The first-order chi connectivity index (χ1) is 12.0. The number of esters is 1. The number of halogens is 2. The van der Waals surface area contributed by atoms with Gasteiger partial charge in [0.05, 0.1) is 22.9 Å². The lowest BCUT2D eigenvalue weighted by Gasteiger charge is -2.09. The number of nitrogens with one attached hydrogen (secondary N) is 1. The number of carbonyl (C=O) groups is 2. The van der Waals surface area contributed by atoms with Crippen LogP contribution in [0.25, 0.3) is 0 Å². The molecule has 0 radical (unpaired) electrons. The van der Waals surface area contributed by atoms with Crippen LogP contribution in [-0.4, -0.2) is 25.1 Å². The molecule has 0 saturated carbocycles. The van der Waals surface area contributed by atoms with E-state index < -0.39 is 18.5 Å². The zero-order valence-corrected chi connectivity index (χ0v) is 15.1. The number of carbonyl (C=O) groups excluding carboxylic acids is 2. The van der Waals surface area contributed by atoms with Gasteiger partial charge in [-0.15, -0.1) is 0 Å². The molecule has 7 heteroatoms. The predicted octanol–water partition coefficient (Wildman–Crippen LogP) is 4.58. The van der Waals surface area contributed by atoms with E-state index in [0.717, 1.165) is 6.42 Å². The van der Waals surface area contributed by atoms with E-state index >= 15 is 0 Å². The third-order valence-electron chi connectivity index (χ3n) is 3.10. The molecule has 0 bridgehead atoms. The SMILES string of the molecule is CCCOc1ccc(C(=O)OCC(=O)Nc2ccc(Cl)cc2Cl)cc1. The minimum atomic E-state index is -0.598. The first-order valence-corrected chi connectivity index (χ1v) is 8.40. The maximum absolute atomic E-state index is 12.0. The Bertz CT molecular complexity index is 747. The summed E-state index contributed by atoms with van der Waals surface area (Å²) in [4.78, 5) is 23.8. The number of ether oxygens (including phenoxy) is 2. The normalized spacial score (nSPS) is 10.2. The summed E-state index contributed by atoms with van der Waals surface area (Å²) in [5.74, 6) is -0.423. The van der Waals surface area contributed by atoms with Crippen LogP contribution in [0.5, 0.6) is 5.75 Å². The Balaban J connectivity index is 1.85. The van der Waals surface area contributed by atoms with Gasteiger partial charge in [0.15, 0.2) is 6.61 Å². The second-order valence-corrected chi connectivity index (χ2v) is 5.96. The summed E-state index contributed by atoms with van der Waals surface area (Å²) in [6.45, 7) is 2.19. The third-order valence-corrected chi connectivity index (χ3v) is 3.65. The summed E-state index contributed by atoms with van der Waals surface area (Å²) in [5, 5.41) is 3.31. The van der Waals surface area contributed by atoms with Crippen molar-refractivity contribution in [2.45, 2.75) is 13.3 Å². The van der Waals surface area contributed by atoms with Gasteiger partial charge in [-0.2, -0.15) is 0 Å². The first kappa shape index (κ1) is 19.1. The summed E-state index contributed by atoms with van der Waals surface area (Å²) in [6.07, 6.45) is 0.899. The Kier molecular flexibility index (Phi) is 7.10. The standard InChI is InChI=1S/C18H17Cl2NO4/c1-2-9-24-14-6-3-12(4-7-14)18(23)25-11-17(22)21-16-8-5-13(19)10-15(16)20/h3-8,10H,2,9,11H2,1H3,(H,21,22). The van der Waals surface area contributed by atoms with Gasteiger partial charge >= 0.3 is 5.97 Å². The largest absolute Gasteiger partial charge is 0.494 e. The second kappa shape index (κ2) is 9.30. The Morgan fingerprint density at radius 1 is 1.08 bits per heavy atom. The highest BCUT2D eigenvalue weighted by Crippen LogP contribution is 2.25. The van der Waals surface area contributed by atoms with E-state index in [9.17, 15) is 9.59 Å². The zero-order valence-electron chi connectivity index (χ0n) is 13.6. The minimum absolute atomic E-state index is 0.301. The first-order valence-electron chi connectivity index (χ1n) is 7.64. The molecule has 0 aliphatic heterocycles. The van der Waals surface area contributed by atoms with E-state index in [-0.39, 0.29) is 0 Å². The van der Waals surface area contributed by atoms with Crippen molar-refractivity contribution in [2.24, 2.45) is 0 Å². The molecule has 0 aliphatic carbocycles. The Labute approximate surface area is 155 Å². The Morgan fingerprint density at radius 3 is 2.44 bits per heavy atom. The van der Waals surface area contributed by atoms with E-state index in [1.54, 1.807) is 36.4 Å². The van der Waals surface area contributed by atoms with Crippen LogP contribution in [0.4, 0.5) is 5.69 Å². The summed E-state index contributed by atoms with van der Waals surface area (Å²) in [7, 11) is 0. The number of amides is 1. The van der Waals surface area contributed by atoms with E-state index in [1.807, 2.05) is 6.92 Å². The molecule has 0 spiro atoms. The van der Waals surface area contributed by atoms with Crippen LogP contribution in [0.3, 0.4) is 0 Å². The van der Waals surface area contributed by atoms with Crippen molar-refractivity contribution in [2.75, 3.05) is 18.5 Å². The topological polar surface area (TPSA) is 64.6 Å². The van der Waals surface area contributed by atoms with E-state index in [4.69, 9.17) is 32.7 Å². The van der Waals surface area contributed by atoms with Crippen molar-refractivity contribution in [3.63, 3.8) is 0 Å². The monoisotopic (exact) mass is 381 g/mol. The van der Waals surface area contributed by atoms with Crippen molar-refractivity contribution in [1.29, 1.82) is 0 Å². The van der Waals surface area contributed by atoms with Crippen LogP contribution in [0.1, 0.15) is 23.7 Å². The van der Waals surface area contributed by atoms with Gasteiger partial charge in [-0.25, -0.2) is 4.79 Å². The van der Waals surface area contributed by atoms with Crippen molar-refractivity contribution in [3.8, 4) is 5.75 Å². The highest BCUT2D eigenvalue weighted by atomic mass is 35.5.